The standard InChI is InChI=1S/C23H23NO3/c1-4-10-18(11-5-1)25-21-16-22(26-19-12-6-2-7-13-19)24-23(17-21)27-20-14-8-3-9-15-20/h1-15,21-24H,16-17H2. The molecule has 0 radical (unpaired) electrons. The van der Waals surface area contributed by atoms with Crippen LogP contribution < -0.4 is 19.5 Å². The summed E-state index contributed by atoms with van der Waals surface area (Å²) in [6.45, 7) is 0. The van der Waals surface area contributed by atoms with Gasteiger partial charge in [-0.1, -0.05) is 54.6 Å². The van der Waals surface area contributed by atoms with Crippen molar-refractivity contribution >= 4 is 0 Å². The van der Waals surface area contributed by atoms with E-state index in [9.17, 15) is 0 Å². The van der Waals surface area contributed by atoms with Gasteiger partial charge in [-0.15, -0.1) is 0 Å². The van der Waals surface area contributed by atoms with E-state index < -0.39 is 0 Å². The Morgan fingerprint density at radius 3 is 1.30 bits per heavy atom. The lowest BCUT2D eigenvalue weighted by atomic mass is 10.1. The second-order valence-electron chi connectivity index (χ2n) is 6.53. The summed E-state index contributed by atoms with van der Waals surface area (Å²) in [5, 5.41) is 3.44. The largest absolute Gasteiger partial charge is 0.490 e. The van der Waals surface area contributed by atoms with E-state index in [1.54, 1.807) is 0 Å². The third-order valence-corrected chi connectivity index (χ3v) is 4.41. The maximum atomic E-state index is 6.19. The van der Waals surface area contributed by atoms with Crippen LogP contribution in [0, 0.1) is 0 Å². The molecule has 4 nitrogen and oxygen atoms in total. The minimum atomic E-state index is -0.191. The van der Waals surface area contributed by atoms with Crippen LogP contribution in [0.15, 0.2) is 91.0 Å². The van der Waals surface area contributed by atoms with Crippen LogP contribution in [0.2, 0.25) is 0 Å². The van der Waals surface area contributed by atoms with Gasteiger partial charge in [0.25, 0.3) is 0 Å². The molecule has 0 spiro atoms. The first-order valence-corrected chi connectivity index (χ1v) is 9.26. The van der Waals surface area contributed by atoms with Crippen LogP contribution in [0.3, 0.4) is 0 Å². The molecule has 4 heteroatoms. The molecule has 1 aliphatic rings. The van der Waals surface area contributed by atoms with Gasteiger partial charge in [0.2, 0.25) is 0 Å². The van der Waals surface area contributed by atoms with Gasteiger partial charge in [-0.05, 0) is 36.4 Å². The van der Waals surface area contributed by atoms with Crippen molar-refractivity contribution in [2.24, 2.45) is 0 Å². The van der Waals surface area contributed by atoms with Crippen molar-refractivity contribution in [3.63, 3.8) is 0 Å². The number of benzene rings is 3. The Kier molecular flexibility index (Phi) is 5.56. The van der Waals surface area contributed by atoms with E-state index in [4.69, 9.17) is 14.2 Å². The molecule has 1 heterocycles. The first-order chi connectivity index (χ1) is 13.3. The third kappa shape index (κ3) is 5.02. The molecule has 3 aromatic carbocycles. The van der Waals surface area contributed by atoms with Crippen molar-refractivity contribution in [3.8, 4) is 17.2 Å². The van der Waals surface area contributed by atoms with Crippen molar-refractivity contribution in [1.82, 2.24) is 5.32 Å². The van der Waals surface area contributed by atoms with Gasteiger partial charge in [-0.3, -0.25) is 0 Å². The number of piperidine rings is 1. The molecule has 0 aliphatic carbocycles. The van der Waals surface area contributed by atoms with Gasteiger partial charge >= 0.3 is 0 Å². The van der Waals surface area contributed by atoms with Gasteiger partial charge in [0.15, 0.2) is 12.5 Å². The predicted octanol–water partition coefficient (Wildman–Crippen LogP) is 4.63. The number of rotatable bonds is 6. The second kappa shape index (κ2) is 8.60. The highest BCUT2D eigenvalue weighted by Gasteiger charge is 2.32. The van der Waals surface area contributed by atoms with Crippen LogP contribution in [0.25, 0.3) is 0 Å². The fourth-order valence-electron chi connectivity index (χ4n) is 3.20. The van der Waals surface area contributed by atoms with Crippen LogP contribution in [0.1, 0.15) is 12.8 Å². The topological polar surface area (TPSA) is 39.7 Å². The quantitative estimate of drug-likeness (QED) is 0.695. The Balaban J connectivity index is 1.47. The Hall–Kier alpha value is -2.98. The molecule has 4 rings (SSSR count). The molecule has 2 atom stereocenters. The molecular formula is C23H23NO3. The van der Waals surface area contributed by atoms with Crippen molar-refractivity contribution in [2.45, 2.75) is 31.4 Å². The smallest absolute Gasteiger partial charge is 0.156 e. The molecule has 0 saturated carbocycles. The SMILES string of the molecule is c1ccc(OC2CC(Oc3ccccc3)NC(Oc3ccccc3)C2)cc1. The van der Waals surface area contributed by atoms with E-state index in [-0.39, 0.29) is 18.6 Å². The molecule has 0 aromatic heterocycles. The van der Waals surface area contributed by atoms with Gasteiger partial charge in [0.05, 0.1) is 0 Å². The van der Waals surface area contributed by atoms with Crippen LogP contribution >= 0.6 is 0 Å². The van der Waals surface area contributed by atoms with Crippen molar-refractivity contribution in [2.75, 3.05) is 0 Å². The predicted molar refractivity (Wildman–Crippen MR) is 105 cm³/mol. The maximum Gasteiger partial charge on any atom is 0.156 e. The minimum absolute atomic E-state index is 0.00363. The second-order valence-corrected chi connectivity index (χ2v) is 6.53. The Bertz CT molecular complexity index is 692. The number of hydrogen-bond donors (Lipinski definition) is 1. The number of hydrogen-bond acceptors (Lipinski definition) is 4. The van der Waals surface area contributed by atoms with E-state index in [2.05, 4.69) is 5.32 Å². The van der Waals surface area contributed by atoms with Gasteiger partial charge in [-0.2, -0.15) is 0 Å². The molecule has 2 unspecified atom stereocenters. The highest BCUT2D eigenvalue weighted by atomic mass is 16.5. The van der Waals surface area contributed by atoms with E-state index in [1.807, 2.05) is 91.0 Å². The lowest BCUT2D eigenvalue weighted by Crippen LogP contribution is -2.53. The fraction of sp³-hybridized carbons (Fsp3) is 0.217. The highest BCUT2D eigenvalue weighted by Crippen LogP contribution is 2.24. The minimum Gasteiger partial charge on any atom is -0.490 e. The van der Waals surface area contributed by atoms with Crippen LogP contribution in [-0.4, -0.2) is 18.6 Å². The summed E-state index contributed by atoms with van der Waals surface area (Å²) in [5.74, 6) is 2.52. The average molecular weight is 361 g/mol. The molecule has 1 N–H and O–H groups in total. The summed E-state index contributed by atoms with van der Waals surface area (Å²) < 4.78 is 18.4. The van der Waals surface area contributed by atoms with Gasteiger partial charge < -0.3 is 14.2 Å². The van der Waals surface area contributed by atoms with E-state index in [1.165, 1.54) is 0 Å². The maximum absolute atomic E-state index is 6.19. The molecule has 1 saturated heterocycles. The number of nitrogens with one attached hydrogen (secondary N) is 1. The third-order valence-electron chi connectivity index (χ3n) is 4.41. The molecule has 138 valence electrons. The molecule has 0 amide bonds. The van der Waals surface area contributed by atoms with E-state index in [0.29, 0.717) is 0 Å². The van der Waals surface area contributed by atoms with E-state index >= 15 is 0 Å². The lowest BCUT2D eigenvalue weighted by molar-refractivity contribution is -0.0226. The Morgan fingerprint density at radius 1 is 0.519 bits per heavy atom. The zero-order valence-electron chi connectivity index (χ0n) is 15.0. The highest BCUT2D eigenvalue weighted by molar-refractivity contribution is 5.23. The van der Waals surface area contributed by atoms with Gasteiger partial charge in [-0.25, -0.2) is 5.32 Å². The van der Waals surface area contributed by atoms with Crippen molar-refractivity contribution in [1.29, 1.82) is 0 Å². The molecule has 27 heavy (non-hydrogen) atoms. The molecule has 1 aliphatic heterocycles. The Labute approximate surface area is 159 Å². The monoisotopic (exact) mass is 361 g/mol. The van der Waals surface area contributed by atoms with Gasteiger partial charge in [0.1, 0.15) is 23.4 Å². The summed E-state index contributed by atoms with van der Waals surface area (Å²) >= 11 is 0. The van der Waals surface area contributed by atoms with Crippen molar-refractivity contribution < 1.29 is 14.2 Å². The summed E-state index contributed by atoms with van der Waals surface area (Å²) in [7, 11) is 0. The van der Waals surface area contributed by atoms with Crippen molar-refractivity contribution in [3.05, 3.63) is 91.0 Å². The summed E-state index contributed by atoms with van der Waals surface area (Å²) in [6.07, 6.45) is 1.08. The van der Waals surface area contributed by atoms with Crippen LogP contribution in [0.5, 0.6) is 17.2 Å². The lowest BCUT2D eigenvalue weighted by Gasteiger charge is -2.36. The van der Waals surface area contributed by atoms with E-state index in [0.717, 1.165) is 30.1 Å². The zero-order chi connectivity index (χ0) is 18.3. The summed E-state index contributed by atoms with van der Waals surface area (Å²) in [4.78, 5) is 0. The fourth-order valence-corrected chi connectivity index (χ4v) is 3.20. The van der Waals surface area contributed by atoms with Crippen LogP contribution in [0.4, 0.5) is 0 Å². The molecule has 3 aromatic rings. The first kappa shape index (κ1) is 17.4. The van der Waals surface area contributed by atoms with Gasteiger partial charge in [0, 0.05) is 12.8 Å². The summed E-state index contributed by atoms with van der Waals surface area (Å²) in [5.41, 5.74) is 0. The number of ether oxygens (including phenoxy) is 3. The zero-order valence-corrected chi connectivity index (χ0v) is 15.0. The molecular weight excluding hydrogens is 338 g/mol. The summed E-state index contributed by atoms with van der Waals surface area (Å²) in [6, 6.07) is 29.5. The molecule has 1 fully saturated rings. The normalized spacial score (nSPS) is 22.0. The van der Waals surface area contributed by atoms with Crippen LogP contribution in [-0.2, 0) is 0 Å². The Morgan fingerprint density at radius 2 is 0.889 bits per heavy atom. The average Bonchev–Trinajstić information content (AvgIpc) is 2.70. The number of para-hydroxylation sites is 3. The first-order valence-electron chi connectivity index (χ1n) is 9.26. The molecule has 0 bridgehead atoms.